The van der Waals surface area contributed by atoms with Crippen molar-refractivity contribution >= 4 is 33.6 Å². The summed E-state index contributed by atoms with van der Waals surface area (Å²) in [7, 11) is -2.47. The van der Waals surface area contributed by atoms with E-state index in [0.29, 0.717) is 0 Å². The normalized spacial score (nSPS) is 14.8. The van der Waals surface area contributed by atoms with Gasteiger partial charge in [-0.05, 0) is 62.0 Å². The van der Waals surface area contributed by atoms with Gasteiger partial charge in [-0.15, -0.1) is 0 Å². The first-order valence-electron chi connectivity index (χ1n) is 11.5. The van der Waals surface area contributed by atoms with Crippen LogP contribution >= 0.6 is 0 Å². The molecule has 0 aliphatic heterocycles. The fourth-order valence-corrected chi connectivity index (χ4v) is 3.85. The van der Waals surface area contributed by atoms with E-state index in [1.54, 1.807) is 95.6 Å². The lowest BCUT2D eigenvalue weighted by Crippen LogP contribution is -2.50. The second kappa shape index (κ2) is 11.3. The summed E-state index contributed by atoms with van der Waals surface area (Å²) in [5, 5.41) is 5.19. The highest BCUT2D eigenvalue weighted by Crippen LogP contribution is 2.23. The Morgan fingerprint density at radius 1 is 0.600 bits per heavy atom. The predicted molar refractivity (Wildman–Crippen MR) is 139 cm³/mol. The molecule has 0 heterocycles. The molecule has 0 unspecified atom stereocenters. The third-order valence-electron chi connectivity index (χ3n) is 4.17. The predicted octanol–water partition coefficient (Wildman–Crippen LogP) is 4.70. The van der Waals surface area contributed by atoms with Gasteiger partial charge in [0.15, 0.2) is 0 Å². The quantitative estimate of drug-likeness (QED) is 0.554. The molecule has 0 aliphatic carbocycles. The molecule has 0 aromatic rings. The lowest BCUT2D eigenvalue weighted by atomic mass is 9.86. The molecule has 0 saturated heterocycles. The molecule has 0 aliphatic rings. The largest absolute Gasteiger partial charge is 0.444 e. The van der Waals surface area contributed by atoms with Gasteiger partial charge < -0.3 is 20.1 Å². The number of carbonyl (C=O) groups excluding carboxylic acids is 4. The first-order valence-corrected chi connectivity index (χ1v) is 13.9. The Balaban J connectivity index is 6.09. The Morgan fingerprint density at radius 2 is 0.857 bits per heavy atom. The molecule has 0 aromatic heterocycles. The van der Waals surface area contributed by atoms with Gasteiger partial charge in [-0.1, -0.05) is 41.5 Å². The first-order chi connectivity index (χ1) is 15.2. The van der Waals surface area contributed by atoms with Crippen molar-refractivity contribution in [3.8, 4) is 0 Å². The number of carbonyl (C=O) groups is 4. The summed E-state index contributed by atoms with van der Waals surface area (Å²) in [6.07, 6.45) is 1.69. The van der Waals surface area contributed by atoms with Gasteiger partial charge in [0.05, 0.1) is 0 Å². The Bertz CT molecular complexity index is 857. The Labute approximate surface area is 211 Å². The van der Waals surface area contributed by atoms with E-state index in [0.717, 1.165) is 0 Å². The summed E-state index contributed by atoms with van der Waals surface area (Å²) in [6.45, 7) is 21.0. The van der Waals surface area contributed by atoms with Crippen LogP contribution < -0.4 is 10.6 Å². The van der Waals surface area contributed by atoms with E-state index in [1.807, 2.05) is 0 Å². The summed E-state index contributed by atoms with van der Waals surface area (Å²) in [5.41, 5.74) is -2.82. The van der Waals surface area contributed by atoms with Crippen molar-refractivity contribution in [2.24, 2.45) is 19.6 Å². The maximum Gasteiger partial charge on any atom is 0.408 e. The van der Waals surface area contributed by atoms with Crippen LogP contribution in [0.25, 0.3) is 0 Å². The number of hydrogen-bond acceptors (Lipinski definition) is 6. The summed E-state index contributed by atoms with van der Waals surface area (Å²) >= 11 is 0. The van der Waals surface area contributed by atoms with Gasteiger partial charge >= 0.3 is 12.2 Å². The van der Waals surface area contributed by atoms with Crippen LogP contribution in [0.2, 0.25) is 0 Å². The molecule has 10 nitrogen and oxygen atoms in total. The molecule has 2 atom stereocenters. The van der Waals surface area contributed by atoms with Gasteiger partial charge in [-0.2, -0.15) is 8.73 Å². The molecular weight excluding hydrogens is 472 g/mol. The molecule has 0 fully saturated rings. The molecule has 35 heavy (non-hydrogen) atoms. The lowest BCUT2D eigenvalue weighted by Gasteiger charge is -2.31. The lowest BCUT2D eigenvalue weighted by molar-refractivity contribution is -0.122. The molecule has 2 N–H and O–H groups in total. The second-order valence-corrected chi connectivity index (χ2v) is 15.8. The molecular formula is C24H46N4O6S. The van der Waals surface area contributed by atoms with Crippen molar-refractivity contribution < 1.29 is 28.7 Å². The van der Waals surface area contributed by atoms with Gasteiger partial charge in [-0.25, -0.2) is 9.59 Å². The van der Waals surface area contributed by atoms with Crippen molar-refractivity contribution in [1.29, 1.82) is 0 Å². The molecule has 0 radical (unpaired) electrons. The molecule has 4 amide bonds. The van der Waals surface area contributed by atoms with E-state index in [4.69, 9.17) is 9.47 Å². The minimum Gasteiger partial charge on any atom is -0.444 e. The molecule has 0 rings (SSSR count). The first kappa shape index (κ1) is 32.8. The second-order valence-electron chi connectivity index (χ2n) is 13.0. The summed E-state index contributed by atoms with van der Waals surface area (Å²) < 4.78 is 19.0. The molecule has 204 valence electrons. The van der Waals surface area contributed by atoms with Crippen molar-refractivity contribution in [3.63, 3.8) is 0 Å². The zero-order valence-corrected chi connectivity index (χ0v) is 24.7. The van der Waals surface area contributed by atoms with Crippen LogP contribution in [-0.4, -0.2) is 59.8 Å². The molecule has 0 spiro atoms. The number of hydrogen-bond donors (Lipinski definition) is 2. The van der Waals surface area contributed by atoms with E-state index >= 15 is 0 Å². The molecule has 0 bridgehead atoms. The third-order valence-corrected chi connectivity index (χ3v) is 5.43. The Kier molecular flexibility index (Phi) is 10.6. The monoisotopic (exact) mass is 518 g/mol. The van der Waals surface area contributed by atoms with Crippen LogP contribution in [0.15, 0.2) is 8.73 Å². The maximum atomic E-state index is 13.1. The number of amides is 4. The summed E-state index contributed by atoms with van der Waals surface area (Å²) in [6, 6.07) is -1.99. The number of ether oxygens (including phenoxy) is 2. The number of nitrogens with zero attached hydrogens (tertiary/aromatic N) is 2. The standard InChI is InChI=1S/C24H46N4O6S/c1-21(2,3)15(25-19(31)33-23(7,8)9)17(29)27-35(13,14)28-18(30)16(22(4,5)6)26-20(32)34-24(10,11)12/h15-16H,1-14H3,(H,25,31)(H,26,32)/t15-,16-/m1/s1. The fourth-order valence-electron chi connectivity index (χ4n) is 2.71. The van der Waals surface area contributed by atoms with Crippen LogP contribution in [0.1, 0.15) is 83.1 Å². The number of alkyl carbamates (subject to hydrolysis) is 2. The van der Waals surface area contributed by atoms with Crippen LogP contribution in [-0.2, 0) is 28.7 Å². The highest BCUT2D eigenvalue weighted by molar-refractivity contribution is 7.95. The van der Waals surface area contributed by atoms with E-state index in [1.165, 1.54) is 0 Å². The van der Waals surface area contributed by atoms with Crippen LogP contribution in [0.5, 0.6) is 0 Å². The van der Waals surface area contributed by atoms with E-state index in [9.17, 15) is 19.2 Å². The van der Waals surface area contributed by atoms with Crippen LogP contribution in [0.4, 0.5) is 9.59 Å². The van der Waals surface area contributed by atoms with Gasteiger partial charge in [0, 0.05) is 12.5 Å². The molecule has 0 saturated carbocycles. The van der Waals surface area contributed by atoms with Gasteiger partial charge in [0.25, 0.3) is 11.8 Å². The van der Waals surface area contributed by atoms with Crippen LogP contribution in [0.3, 0.4) is 0 Å². The zero-order chi connectivity index (χ0) is 28.2. The minimum absolute atomic E-state index is 0.618. The van der Waals surface area contributed by atoms with E-state index in [-0.39, 0.29) is 0 Å². The van der Waals surface area contributed by atoms with Crippen LogP contribution in [0, 0.1) is 10.8 Å². The number of rotatable bonds is 4. The number of nitrogens with one attached hydrogen (secondary N) is 2. The van der Waals surface area contributed by atoms with E-state index < -0.39 is 67.7 Å². The highest BCUT2D eigenvalue weighted by atomic mass is 32.2. The summed E-state index contributed by atoms with van der Waals surface area (Å²) in [4.78, 5) is 50.9. The average Bonchev–Trinajstić information content (AvgIpc) is 2.51. The summed E-state index contributed by atoms with van der Waals surface area (Å²) in [5.74, 6) is -1.24. The minimum atomic E-state index is -2.47. The van der Waals surface area contributed by atoms with E-state index in [2.05, 4.69) is 19.4 Å². The third kappa shape index (κ3) is 13.5. The fraction of sp³-hybridized carbons (Fsp3) is 0.833. The topological polar surface area (TPSA) is 136 Å². The molecule has 11 heteroatoms. The maximum absolute atomic E-state index is 13.1. The van der Waals surface area contributed by atoms with Crippen molar-refractivity contribution in [1.82, 2.24) is 10.6 Å². The smallest absolute Gasteiger partial charge is 0.408 e. The molecule has 0 aromatic carbocycles. The van der Waals surface area contributed by atoms with Gasteiger partial charge in [0.2, 0.25) is 0 Å². The highest BCUT2D eigenvalue weighted by Gasteiger charge is 2.36. The average molecular weight is 519 g/mol. The van der Waals surface area contributed by atoms with Gasteiger partial charge in [-0.3, -0.25) is 9.59 Å². The SMILES string of the molecule is CC(C)(C)OC(=O)N[C@H](C(=O)N=S(C)(C)=NC(=O)[C@@H](NC(=O)OC(C)(C)C)C(C)(C)C)C(C)(C)C. The Morgan fingerprint density at radius 3 is 1.06 bits per heavy atom. The van der Waals surface area contributed by atoms with Crippen molar-refractivity contribution in [3.05, 3.63) is 0 Å². The zero-order valence-electron chi connectivity index (χ0n) is 23.9. The van der Waals surface area contributed by atoms with Gasteiger partial charge in [0.1, 0.15) is 23.3 Å². The Hall–Kier alpha value is -2.17. The van der Waals surface area contributed by atoms with Crippen molar-refractivity contribution in [2.75, 3.05) is 12.5 Å². The van der Waals surface area contributed by atoms with Crippen molar-refractivity contribution in [2.45, 2.75) is 106 Å².